The minimum Gasteiger partial charge on any atom is -0.360 e. The van der Waals surface area contributed by atoms with E-state index in [0.29, 0.717) is 0 Å². The highest BCUT2D eigenvalue weighted by Crippen LogP contribution is 2.24. The van der Waals surface area contributed by atoms with Crippen LogP contribution in [0.25, 0.3) is 10.7 Å². The molecule has 84 valence electrons. The van der Waals surface area contributed by atoms with Crippen LogP contribution in [0.15, 0.2) is 24.4 Å². The molecule has 0 atom stereocenters. The maximum atomic E-state index is 4.24. The highest BCUT2D eigenvalue weighted by Gasteiger charge is 2.06. The van der Waals surface area contributed by atoms with Gasteiger partial charge in [-0.2, -0.15) is 0 Å². The molecule has 0 aromatic carbocycles. The van der Waals surface area contributed by atoms with Crippen LogP contribution in [0.1, 0.15) is 19.8 Å². The molecule has 0 amide bonds. The van der Waals surface area contributed by atoms with Crippen LogP contribution in [0.3, 0.4) is 0 Å². The zero-order chi connectivity index (χ0) is 11.2. The number of aromatic nitrogens is 3. The van der Waals surface area contributed by atoms with Crippen LogP contribution >= 0.6 is 11.3 Å². The summed E-state index contributed by atoms with van der Waals surface area (Å²) in [6.45, 7) is 3.12. The van der Waals surface area contributed by atoms with Gasteiger partial charge in [-0.3, -0.25) is 4.98 Å². The summed E-state index contributed by atoms with van der Waals surface area (Å²) in [5.41, 5.74) is 0.878. The third-order valence-corrected chi connectivity index (χ3v) is 3.02. The van der Waals surface area contributed by atoms with E-state index in [0.717, 1.165) is 28.8 Å². The first-order valence-corrected chi connectivity index (χ1v) is 6.20. The lowest BCUT2D eigenvalue weighted by molar-refractivity contribution is 0.831. The fraction of sp³-hybridized carbons (Fsp3) is 0.364. The molecule has 2 aromatic rings. The number of hydrogen-bond donors (Lipinski definition) is 1. The first-order chi connectivity index (χ1) is 7.90. The number of nitrogens with one attached hydrogen (secondary N) is 1. The predicted molar refractivity (Wildman–Crippen MR) is 66.5 cm³/mol. The van der Waals surface area contributed by atoms with Crippen molar-refractivity contribution < 1.29 is 0 Å². The standard InChI is InChI=1S/C11H14N4S/c1-2-3-7-13-11-15-14-10(16-11)9-6-4-5-8-12-9/h4-6,8H,2-3,7H2,1H3,(H,13,15). The summed E-state index contributed by atoms with van der Waals surface area (Å²) >= 11 is 1.54. The lowest BCUT2D eigenvalue weighted by Gasteiger charge is -1.97. The second-order valence-electron chi connectivity index (χ2n) is 3.41. The molecule has 4 nitrogen and oxygen atoms in total. The van der Waals surface area contributed by atoms with Crippen molar-refractivity contribution in [3.05, 3.63) is 24.4 Å². The Hall–Kier alpha value is -1.49. The van der Waals surface area contributed by atoms with Crippen LogP contribution in [-0.2, 0) is 0 Å². The number of nitrogens with zero attached hydrogens (tertiary/aromatic N) is 3. The van der Waals surface area contributed by atoms with Gasteiger partial charge in [-0.1, -0.05) is 30.7 Å². The van der Waals surface area contributed by atoms with Crippen LogP contribution in [0.4, 0.5) is 5.13 Å². The predicted octanol–water partition coefficient (Wildman–Crippen LogP) is 2.81. The molecule has 0 saturated carbocycles. The monoisotopic (exact) mass is 234 g/mol. The SMILES string of the molecule is CCCCNc1nnc(-c2ccccn2)s1. The van der Waals surface area contributed by atoms with Gasteiger partial charge in [-0.15, -0.1) is 10.2 Å². The highest BCUT2D eigenvalue weighted by atomic mass is 32.1. The van der Waals surface area contributed by atoms with Crippen molar-refractivity contribution >= 4 is 16.5 Å². The van der Waals surface area contributed by atoms with E-state index >= 15 is 0 Å². The van der Waals surface area contributed by atoms with Gasteiger partial charge in [0, 0.05) is 12.7 Å². The molecule has 2 rings (SSSR count). The maximum Gasteiger partial charge on any atom is 0.206 e. The van der Waals surface area contributed by atoms with E-state index in [1.165, 1.54) is 6.42 Å². The minimum atomic E-state index is 0.861. The van der Waals surface area contributed by atoms with Gasteiger partial charge in [0.05, 0.1) is 0 Å². The molecule has 16 heavy (non-hydrogen) atoms. The molecule has 5 heteroatoms. The topological polar surface area (TPSA) is 50.7 Å². The molecule has 0 unspecified atom stereocenters. The normalized spacial score (nSPS) is 10.3. The van der Waals surface area contributed by atoms with Crippen molar-refractivity contribution in [1.29, 1.82) is 0 Å². The van der Waals surface area contributed by atoms with Crippen LogP contribution in [0.2, 0.25) is 0 Å². The lowest BCUT2D eigenvalue weighted by Crippen LogP contribution is -1.99. The van der Waals surface area contributed by atoms with Crippen LogP contribution in [-0.4, -0.2) is 21.7 Å². The van der Waals surface area contributed by atoms with Gasteiger partial charge in [0.25, 0.3) is 0 Å². The number of unbranched alkanes of at least 4 members (excludes halogenated alkanes) is 1. The van der Waals surface area contributed by atoms with E-state index in [9.17, 15) is 0 Å². The Morgan fingerprint density at radius 1 is 1.31 bits per heavy atom. The second kappa shape index (κ2) is 5.55. The molecule has 0 radical (unpaired) electrons. The molecule has 0 aliphatic heterocycles. The smallest absolute Gasteiger partial charge is 0.206 e. The molecular formula is C11H14N4S. The summed E-state index contributed by atoms with van der Waals surface area (Å²) in [6, 6.07) is 5.79. The zero-order valence-corrected chi connectivity index (χ0v) is 10.00. The third kappa shape index (κ3) is 2.76. The van der Waals surface area contributed by atoms with Gasteiger partial charge < -0.3 is 5.32 Å². The molecule has 0 spiro atoms. The average molecular weight is 234 g/mol. The Bertz CT molecular complexity index is 427. The van der Waals surface area contributed by atoms with E-state index < -0.39 is 0 Å². The van der Waals surface area contributed by atoms with Crippen LogP contribution < -0.4 is 5.32 Å². The molecule has 2 aromatic heterocycles. The summed E-state index contributed by atoms with van der Waals surface area (Å²) in [5.74, 6) is 0. The minimum absolute atomic E-state index is 0.861. The molecule has 0 saturated heterocycles. The van der Waals surface area contributed by atoms with Gasteiger partial charge >= 0.3 is 0 Å². The van der Waals surface area contributed by atoms with Gasteiger partial charge in [0.15, 0.2) is 5.01 Å². The summed E-state index contributed by atoms with van der Waals surface area (Å²) in [4.78, 5) is 4.24. The molecule has 0 fully saturated rings. The molecule has 0 aliphatic carbocycles. The van der Waals surface area contributed by atoms with Gasteiger partial charge in [0.2, 0.25) is 5.13 Å². The fourth-order valence-electron chi connectivity index (χ4n) is 1.26. The molecular weight excluding hydrogens is 220 g/mol. The van der Waals surface area contributed by atoms with Gasteiger partial charge in [-0.05, 0) is 18.6 Å². The number of rotatable bonds is 5. The van der Waals surface area contributed by atoms with Gasteiger partial charge in [-0.25, -0.2) is 0 Å². The number of pyridine rings is 1. The molecule has 1 N–H and O–H groups in total. The third-order valence-electron chi connectivity index (χ3n) is 2.12. The molecule has 0 bridgehead atoms. The fourth-order valence-corrected chi connectivity index (χ4v) is 2.01. The largest absolute Gasteiger partial charge is 0.360 e. The Labute approximate surface area is 98.8 Å². The molecule has 0 aliphatic rings. The maximum absolute atomic E-state index is 4.24. The first kappa shape index (κ1) is 11.0. The Morgan fingerprint density at radius 3 is 3.00 bits per heavy atom. The van der Waals surface area contributed by atoms with E-state index in [1.807, 2.05) is 18.2 Å². The van der Waals surface area contributed by atoms with Crippen molar-refractivity contribution in [2.45, 2.75) is 19.8 Å². The Balaban J connectivity index is 2.02. The summed E-state index contributed by atoms with van der Waals surface area (Å²) in [6.07, 6.45) is 4.10. The van der Waals surface area contributed by atoms with Crippen LogP contribution in [0, 0.1) is 0 Å². The first-order valence-electron chi connectivity index (χ1n) is 5.39. The van der Waals surface area contributed by atoms with E-state index in [-0.39, 0.29) is 0 Å². The van der Waals surface area contributed by atoms with Crippen molar-refractivity contribution in [1.82, 2.24) is 15.2 Å². The average Bonchev–Trinajstić information content (AvgIpc) is 2.79. The Morgan fingerprint density at radius 2 is 2.25 bits per heavy atom. The quantitative estimate of drug-likeness (QED) is 0.808. The summed E-state index contributed by atoms with van der Waals surface area (Å²) in [5, 5.41) is 13.2. The molecule has 2 heterocycles. The Kier molecular flexibility index (Phi) is 3.82. The summed E-state index contributed by atoms with van der Waals surface area (Å²) in [7, 11) is 0. The number of anilines is 1. The van der Waals surface area contributed by atoms with Crippen LogP contribution in [0.5, 0.6) is 0 Å². The zero-order valence-electron chi connectivity index (χ0n) is 9.18. The lowest BCUT2D eigenvalue weighted by atomic mass is 10.3. The van der Waals surface area contributed by atoms with Crippen molar-refractivity contribution in [2.24, 2.45) is 0 Å². The van der Waals surface area contributed by atoms with Crippen molar-refractivity contribution in [3.8, 4) is 10.7 Å². The van der Waals surface area contributed by atoms with E-state index in [1.54, 1.807) is 17.5 Å². The van der Waals surface area contributed by atoms with E-state index in [2.05, 4.69) is 27.4 Å². The van der Waals surface area contributed by atoms with Crippen molar-refractivity contribution in [2.75, 3.05) is 11.9 Å². The van der Waals surface area contributed by atoms with Crippen molar-refractivity contribution in [3.63, 3.8) is 0 Å². The van der Waals surface area contributed by atoms with E-state index in [4.69, 9.17) is 0 Å². The summed E-state index contributed by atoms with van der Waals surface area (Å²) < 4.78 is 0. The number of hydrogen-bond acceptors (Lipinski definition) is 5. The highest BCUT2D eigenvalue weighted by molar-refractivity contribution is 7.18. The van der Waals surface area contributed by atoms with Gasteiger partial charge in [0.1, 0.15) is 5.69 Å². The second-order valence-corrected chi connectivity index (χ2v) is 4.39.